The smallest absolute Gasteiger partial charge is 0.213 e. The molecule has 0 aliphatic rings. The van der Waals surface area contributed by atoms with Gasteiger partial charge in [-0.3, -0.25) is 9.25 Å². The molecule has 0 radical (unpaired) electrons. The van der Waals surface area contributed by atoms with Crippen molar-refractivity contribution in [3.05, 3.63) is 42.6 Å². The molecule has 0 aromatic carbocycles. The number of aromatic nitrogens is 5. The van der Waals surface area contributed by atoms with Crippen LogP contribution < -0.4 is 4.74 Å². The van der Waals surface area contributed by atoms with Crippen molar-refractivity contribution in [1.29, 1.82) is 0 Å². The number of methoxy groups -OCH3 is 1. The van der Waals surface area contributed by atoms with Crippen LogP contribution in [0, 0.1) is 6.92 Å². The summed E-state index contributed by atoms with van der Waals surface area (Å²) in [5.41, 5.74) is 3.09. The Hall–Kier alpha value is -2.63. The maximum absolute atomic E-state index is 5.18. The van der Waals surface area contributed by atoms with Gasteiger partial charge in [-0.15, -0.1) is 0 Å². The maximum atomic E-state index is 5.18. The Labute approximate surface area is 123 Å². The van der Waals surface area contributed by atoms with Crippen molar-refractivity contribution in [2.75, 3.05) is 7.11 Å². The van der Waals surface area contributed by atoms with Gasteiger partial charge in [-0.1, -0.05) is 0 Å². The van der Waals surface area contributed by atoms with Crippen molar-refractivity contribution < 1.29 is 4.74 Å². The lowest BCUT2D eigenvalue weighted by Crippen LogP contribution is -2.02. The van der Waals surface area contributed by atoms with Crippen LogP contribution >= 0.6 is 0 Å². The normalized spacial score (nSPS) is 10.8. The van der Waals surface area contributed by atoms with Gasteiger partial charge in [0, 0.05) is 36.8 Å². The molecule has 21 heavy (non-hydrogen) atoms. The number of aryl methyl sites for hydroxylation is 1. The van der Waals surface area contributed by atoms with Gasteiger partial charge in [0.1, 0.15) is 5.82 Å². The molecule has 108 valence electrons. The van der Waals surface area contributed by atoms with Crippen molar-refractivity contribution in [2.45, 2.75) is 20.4 Å². The zero-order valence-electron chi connectivity index (χ0n) is 12.3. The molecule has 3 heterocycles. The molecular weight excluding hydrogens is 266 g/mol. The highest BCUT2D eigenvalue weighted by Crippen LogP contribution is 2.24. The maximum Gasteiger partial charge on any atom is 0.213 e. The molecule has 3 aromatic rings. The highest BCUT2D eigenvalue weighted by molar-refractivity contribution is 5.59. The lowest BCUT2D eigenvalue weighted by molar-refractivity contribution is 0.398. The van der Waals surface area contributed by atoms with Crippen molar-refractivity contribution in [3.8, 4) is 23.0 Å². The summed E-state index contributed by atoms with van der Waals surface area (Å²) in [6.07, 6.45) is 7.30. The summed E-state index contributed by atoms with van der Waals surface area (Å²) in [4.78, 5) is 8.59. The molecule has 0 bridgehead atoms. The quantitative estimate of drug-likeness (QED) is 0.738. The first-order chi connectivity index (χ1) is 10.2. The van der Waals surface area contributed by atoms with Crippen LogP contribution in [0.1, 0.15) is 12.6 Å². The van der Waals surface area contributed by atoms with Crippen LogP contribution in [0.15, 0.2) is 36.9 Å². The third-order valence-corrected chi connectivity index (χ3v) is 3.48. The molecule has 0 saturated carbocycles. The van der Waals surface area contributed by atoms with Gasteiger partial charge in [-0.25, -0.2) is 9.97 Å². The van der Waals surface area contributed by atoms with Gasteiger partial charge in [0.25, 0.3) is 0 Å². The monoisotopic (exact) mass is 283 g/mol. The molecule has 6 nitrogen and oxygen atoms in total. The van der Waals surface area contributed by atoms with E-state index < -0.39 is 0 Å². The standard InChI is InChI=1S/C15H17N5O/c1-4-20-11(2)13(10-18-20)19-8-7-17-15(19)12-5-6-16-14(9-12)21-3/h5-10H,4H2,1-3H3. The Morgan fingerprint density at radius 3 is 2.81 bits per heavy atom. The van der Waals surface area contributed by atoms with Gasteiger partial charge in [0.15, 0.2) is 0 Å². The molecule has 0 amide bonds. The second-order valence-electron chi connectivity index (χ2n) is 4.64. The molecule has 0 aliphatic heterocycles. The highest BCUT2D eigenvalue weighted by Gasteiger charge is 2.13. The molecule has 0 aliphatic carbocycles. The van der Waals surface area contributed by atoms with E-state index in [9.17, 15) is 0 Å². The van der Waals surface area contributed by atoms with Gasteiger partial charge in [-0.2, -0.15) is 5.10 Å². The van der Waals surface area contributed by atoms with Crippen LogP contribution in [0.25, 0.3) is 17.1 Å². The zero-order chi connectivity index (χ0) is 14.8. The number of hydrogen-bond donors (Lipinski definition) is 0. The van der Waals surface area contributed by atoms with Crippen LogP contribution in [0.4, 0.5) is 0 Å². The van der Waals surface area contributed by atoms with Crippen LogP contribution in [-0.2, 0) is 6.54 Å². The zero-order valence-corrected chi connectivity index (χ0v) is 12.3. The van der Waals surface area contributed by atoms with Crippen LogP contribution in [-0.4, -0.2) is 31.4 Å². The summed E-state index contributed by atoms with van der Waals surface area (Å²) < 4.78 is 9.17. The summed E-state index contributed by atoms with van der Waals surface area (Å²) in [5, 5.41) is 4.39. The van der Waals surface area contributed by atoms with Gasteiger partial charge in [0.05, 0.1) is 24.7 Å². The van der Waals surface area contributed by atoms with E-state index in [0.29, 0.717) is 5.88 Å². The lowest BCUT2D eigenvalue weighted by Gasteiger charge is -2.08. The van der Waals surface area contributed by atoms with Gasteiger partial charge in [0.2, 0.25) is 5.88 Å². The Balaban J connectivity index is 2.10. The third kappa shape index (κ3) is 2.29. The Morgan fingerprint density at radius 2 is 2.10 bits per heavy atom. The van der Waals surface area contributed by atoms with Crippen LogP contribution in [0.3, 0.4) is 0 Å². The van der Waals surface area contributed by atoms with Gasteiger partial charge in [-0.05, 0) is 19.9 Å². The van der Waals surface area contributed by atoms with E-state index in [1.807, 2.05) is 33.8 Å². The SMILES string of the molecule is CCn1ncc(-n2ccnc2-c2ccnc(OC)c2)c1C. The van der Waals surface area contributed by atoms with E-state index in [1.54, 1.807) is 19.5 Å². The molecule has 0 N–H and O–H groups in total. The Kier molecular flexibility index (Phi) is 3.43. The first kappa shape index (κ1) is 13.4. The van der Waals surface area contributed by atoms with Crippen molar-refractivity contribution in [1.82, 2.24) is 24.3 Å². The number of hydrogen-bond acceptors (Lipinski definition) is 4. The number of nitrogens with zero attached hydrogens (tertiary/aromatic N) is 5. The van der Waals surface area contributed by atoms with Crippen LogP contribution in [0.5, 0.6) is 5.88 Å². The molecule has 0 spiro atoms. The average molecular weight is 283 g/mol. The fraction of sp³-hybridized carbons (Fsp3) is 0.267. The largest absolute Gasteiger partial charge is 0.481 e. The minimum atomic E-state index is 0.572. The molecule has 0 fully saturated rings. The Bertz CT molecular complexity index is 759. The topological polar surface area (TPSA) is 57.8 Å². The van der Waals surface area contributed by atoms with E-state index >= 15 is 0 Å². The molecule has 0 atom stereocenters. The molecule has 0 unspecified atom stereocenters. The van der Waals surface area contributed by atoms with E-state index in [4.69, 9.17) is 4.74 Å². The van der Waals surface area contributed by atoms with Crippen molar-refractivity contribution in [3.63, 3.8) is 0 Å². The van der Waals surface area contributed by atoms with Crippen molar-refractivity contribution in [2.24, 2.45) is 0 Å². The minimum Gasteiger partial charge on any atom is -0.481 e. The van der Waals surface area contributed by atoms with Gasteiger partial charge < -0.3 is 4.74 Å². The summed E-state index contributed by atoms with van der Waals surface area (Å²) >= 11 is 0. The van der Waals surface area contributed by atoms with Crippen LogP contribution in [0.2, 0.25) is 0 Å². The van der Waals surface area contributed by atoms with E-state index in [2.05, 4.69) is 28.9 Å². The van der Waals surface area contributed by atoms with E-state index in [-0.39, 0.29) is 0 Å². The third-order valence-electron chi connectivity index (χ3n) is 3.48. The fourth-order valence-electron chi connectivity index (χ4n) is 2.36. The number of pyridine rings is 1. The molecule has 6 heteroatoms. The second kappa shape index (κ2) is 5.40. The second-order valence-corrected chi connectivity index (χ2v) is 4.64. The predicted molar refractivity (Wildman–Crippen MR) is 79.5 cm³/mol. The highest BCUT2D eigenvalue weighted by atomic mass is 16.5. The molecule has 3 aromatic heterocycles. The summed E-state index contributed by atoms with van der Waals surface area (Å²) in [5.74, 6) is 1.41. The lowest BCUT2D eigenvalue weighted by atomic mass is 10.2. The average Bonchev–Trinajstić information content (AvgIpc) is 3.13. The summed E-state index contributed by atoms with van der Waals surface area (Å²) in [7, 11) is 1.61. The molecule has 0 saturated heterocycles. The first-order valence-electron chi connectivity index (χ1n) is 6.81. The first-order valence-corrected chi connectivity index (χ1v) is 6.81. The van der Waals surface area contributed by atoms with Gasteiger partial charge >= 0.3 is 0 Å². The number of imidazole rings is 1. The number of ether oxygens (including phenoxy) is 1. The minimum absolute atomic E-state index is 0.572. The molecular formula is C15H17N5O. The fourth-order valence-corrected chi connectivity index (χ4v) is 2.36. The van der Waals surface area contributed by atoms with Crippen molar-refractivity contribution >= 4 is 0 Å². The predicted octanol–water partition coefficient (Wildman–Crippen LogP) is 2.47. The molecule has 3 rings (SSSR count). The summed E-state index contributed by atoms with van der Waals surface area (Å²) in [6.45, 7) is 4.98. The van der Waals surface area contributed by atoms with E-state index in [0.717, 1.165) is 29.3 Å². The Morgan fingerprint density at radius 1 is 1.24 bits per heavy atom. The summed E-state index contributed by atoms with van der Waals surface area (Å²) in [6, 6.07) is 3.79. The number of rotatable bonds is 4. The van der Waals surface area contributed by atoms with E-state index in [1.165, 1.54) is 0 Å².